The molecule has 1 aliphatic rings. The molecule has 0 radical (unpaired) electrons. The molecule has 1 fully saturated rings. The van der Waals surface area contributed by atoms with Gasteiger partial charge in [-0.3, -0.25) is 9.69 Å². The molecule has 34 heavy (non-hydrogen) atoms. The molecule has 1 saturated heterocycles. The average molecular weight is 477 g/mol. The number of aromatic hydroxyl groups is 1. The molecule has 3 aromatic rings. The first kappa shape index (κ1) is 22.9. The van der Waals surface area contributed by atoms with Crippen LogP contribution in [0.4, 0.5) is 11.4 Å². The Balaban J connectivity index is 1.80. The van der Waals surface area contributed by atoms with Gasteiger partial charge in [-0.1, -0.05) is 24.3 Å². The summed E-state index contributed by atoms with van der Waals surface area (Å²) in [6.45, 7) is 0. The van der Waals surface area contributed by atoms with Crippen LogP contribution in [0, 0.1) is 0 Å². The third-order valence-electron chi connectivity index (χ3n) is 4.94. The SMILES string of the molecule is COc1cc(/C=C2\SC(=Nc3cccc(C(=O)O)c3)N(c3ccccc3)C2=O)cc(OC)c1O. The number of hydrogen-bond acceptors (Lipinski definition) is 7. The highest BCUT2D eigenvalue weighted by Gasteiger charge is 2.35. The number of ether oxygens (including phenoxy) is 2. The van der Waals surface area contributed by atoms with Gasteiger partial charge in [0.15, 0.2) is 16.7 Å². The van der Waals surface area contributed by atoms with E-state index in [0.29, 0.717) is 27.0 Å². The topological polar surface area (TPSA) is 109 Å². The summed E-state index contributed by atoms with van der Waals surface area (Å²) in [4.78, 5) is 31.2. The Morgan fingerprint density at radius 1 is 1.00 bits per heavy atom. The van der Waals surface area contributed by atoms with E-state index in [4.69, 9.17) is 9.47 Å². The summed E-state index contributed by atoms with van der Waals surface area (Å²) in [5.74, 6) is -1.07. The van der Waals surface area contributed by atoms with E-state index in [0.717, 1.165) is 11.8 Å². The van der Waals surface area contributed by atoms with Crippen LogP contribution in [0.25, 0.3) is 6.08 Å². The molecule has 1 amide bonds. The van der Waals surface area contributed by atoms with Crippen LogP contribution in [0.15, 0.2) is 76.6 Å². The van der Waals surface area contributed by atoms with Crippen molar-refractivity contribution in [3.63, 3.8) is 0 Å². The largest absolute Gasteiger partial charge is 0.502 e. The Morgan fingerprint density at radius 3 is 2.29 bits per heavy atom. The Kier molecular flexibility index (Phi) is 6.55. The van der Waals surface area contributed by atoms with E-state index in [1.807, 2.05) is 18.2 Å². The Morgan fingerprint density at radius 2 is 1.68 bits per heavy atom. The maximum Gasteiger partial charge on any atom is 0.335 e. The molecular formula is C25H20N2O6S. The zero-order chi connectivity index (χ0) is 24.2. The summed E-state index contributed by atoms with van der Waals surface area (Å²) in [5, 5.41) is 19.8. The van der Waals surface area contributed by atoms with Gasteiger partial charge in [0.05, 0.1) is 36.1 Å². The normalized spacial score (nSPS) is 15.7. The number of phenolic OH excluding ortho intramolecular Hbond substituents is 1. The average Bonchev–Trinajstić information content (AvgIpc) is 3.14. The van der Waals surface area contributed by atoms with Gasteiger partial charge in [-0.2, -0.15) is 0 Å². The fraction of sp³-hybridized carbons (Fsp3) is 0.0800. The molecule has 3 aromatic carbocycles. The molecule has 0 unspecified atom stereocenters. The van der Waals surface area contributed by atoms with E-state index >= 15 is 0 Å². The highest BCUT2D eigenvalue weighted by atomic mass is 32.2. The number of amides is 1. The number of methoxy groups -OCH3 is 2. The summed E-state index contributed by atoms with van der Waals surface area (Å²) in [5.41, 5.74) is 1.72. The zero-order valence-corrected chi connectivity index (χ0v) is 19.1. The summed E-state index contributed by atoms with van der Waals surface area (Å²) < 4.78 is 10.4. The predicted molar refractivity (Wildman–Crippen MR) is 131 cm³/mol. The monoisotopic (exact) mass is 476 g/mol. The van der Waals surface area contributed by atoms with Crippen molar-refractivity contribution in [1.29, 1.82) is 0 Å². The fourth-order valence-corrected chi connectivity index (χ4v) is 4.32. The van der Waals surface area contributed by atoms with Gasteiger partial charge >= 0.3 is 5.97 Å². The van der Waals surface area contributed by atoms with Gasteiger partial charge in [-0.25, -0.2) is 9.79 Å². The first-order valence-corrected chi connectivity index (χ1v) is 10.9. The quantitative estimate of drug-likeness (QED) is 0.486. The number of aromatic carboxylic acids is 1. The molecule has 0 bridgehead atoms. The number of nitrogens with zero attached hydrogens (tertiary/aromatic N) is 2. The minimum Gasteiger partial charge on any atom is -0.502 e. The van der Waals surface area contributed by atoms with Gasteiger partial charge in [-0.05, 0) is 65.9 Å². The molecule has 0 saturated carbocycles. The summed E-state index contributed by atoms with van der Waals surface area (Å²) in [6, 6.07) is 18.4. The molecule has 0 aromatic heterocycles. The highest BCUT2D eigenvalue weighted by Crippen LogP contribution is 2.41. The number of aliphatic imine (C=N–C) groups is 1. The van der Waals surface area contributed by atoms with Crippen molar-refractivity contribution in [2.45, 2.75) is 0 Å². The lowest BCUT2D eigenvalue weighted by Gasteiger charge is -2.15. The lowest BCUT2D eigenvalue weighted by Crippen LogP contribution is -2.28. The summed E-state index contributed by atoms with van der Waals surface area (Å²) >= 11 is 1.15. The van der Waals surface area contributed by atoms with Gasteiger partial charge in [-0.15, -0.1) is 0 Å². The van der Waals surface area contributed by atoms with Gasteiger partial charge in [0.2, 0.25) is 5.75 Å². The summed E-state index contributed by atoms with van der Waals surface area (Å²) in [6.07, 6.45) is 1.66. The van der Waals surface area contributed by atoms with Crippen molar-refractivity contribution in [2.24, 2.45) is 4.99 Å². The molecule has 0 aliphatic carbocycles. The van der Waals surface area contributed by atoms with Crippen LogP contribution in [0.5, 0.6) is 17.2 Å². The van der Waals surface area contributed by atoms with Gasteiger partial charge in [0.25, 0.3) is 5.91 Å². The number of thioether (sulfide) groups is 1. The number of carbonyl (C=O) groups excluding carboxylic acids is 1. The molecule has 4 rings (SSSR count). The number of carboxylic acid groups (broad SMARTS) is 1. The van der Waals surface area contributed by atoms with Gasteiger partial charge < -0.3 is 19.7 Å². The van der Waals surface area contributed by atoms with Crippen LogP contribution in [0.3, 0.4) is 0 Å². The second kappa shape index (κ2) is 9.72. The van der Waals surface area contributed by atoms with E-state index in [2.05, 4.69) is 4.99 Å². The fourth-order valence-electron chi connectivity index (χ4n) is 3.32. The first-order chi connectivity index (χ1) is 16.4. The molecule has 1 heterocycles. The smallest absolute Gasteiger partial charge is 0.335 e. The molecule has 2 N–H and O–H groups in total. The standard InChI is InChI=1S/C25H20N2O6S/c1-32-19-11-15(12-20(33-2)22(19)28)13-21-23(29)27(18-9-4-3-5-10-18)25(34-21)26-17-8-6-7-16(14-17)24(30)31/h3-14,28H,1-2H3,(H,30,31)/b21-13-,26-25?. The van der Waals surface area contributed by atoms with Crippen LogP contribution < -0.4 is 14.4 Å². The van der Waals surface area contributed by atoms with E-state index in [9.17, 15) is 19.8 Å². The number of para-hydroxylation sites is 1. The Labute approximate surface area is 199 Å². The molecule has 1 aliphatic heterocycles. The lowest BCUT2D eigenvalue weighted by atomic mass is 10.1. The second-order valence-corrected chi connectivity index (χ2v) is 8.12. The van der Waals surface area contributed by atoms with Gasteiger partial charge in [0, 0.05) is 0 Å². The Bertz CT molecular complexity index is 1290. The maximum absolute atomic E-state index is 13.4. The van der Waals surface area contributed by atoms with Crippen molar-refractivity contribution < 1.29 is 29.3 Å². The number of carboxylic acids is 1. The maximum atomic E-state index is 13.4. The molecular weight excluding hydrogens is 456 g/mol. The molecule has 172 valence electrons. The third kappa shape index (κ3) is 4.60. The minimum atomic E-state index is -1.06. The molecule has 0 spiro atoms. The van der Waals surface area contributed by atoms with Crippen LogP contribution >= 0.6 is 11.8 Å². The number of amidine groups is 1. The highest BCUT2D eigenvalue weighted by molar-refractivity contribution is 8.19. The predicted octanol–water partition coefficient (Wildman–Crippen LogP) is 4.92. The lowest BCUT2D eigenvalue weighted by molar-refractivity contribution is -0.113. The van der Waals surface area contributed by atoms with Crippen molar-refractivity contribution in [1.82, 2.24) is 0 Å². The van der Waals surface area contributed by atoms with Crippen LogP contribution in [-0.2, 0) is 4.79 Å². The first-order valence-electron chi connectivity index (χ1n) is 10.1. The van der Waals surface area contributed by atoms with Crippen molar-refractivity contribution >= 4 is 46.3 Å². The number of carbonyl (C=O) groups is 2. The van der Waals surface area contributed by atoms with E-state index < -0.39 is 5.97 Å². The number of rotatable bonds is 6. The van der Waals surface area contributed by atoms with Crippen molar-refractivity contribution in [3.8, 4) is 17.2 Å². The Hall–Kier alpha value is -4.24. The van der Waals surface area contributed by atoms with Crippen LogP contribution in [-0.4, -0.2) is 41.5 Å². The third-order valence-corrected chi connectivity index (χ3v) is 5.91. The van der Waals surface area contributed by atoms with Crippen molar-refractivity contribution in [3.05, 3.63) is 82.8 Å². The molecule has 8 nitrogen and oxygen atoms in total. The number of anilines is 1. The number of benzene rings is 3. The minimum absolute atomic E-state index is 0.0986. The van der Waals surface area contributed by atoms with Crippen LogP contribution in [0.2, 0.25) is 0 Å². The number of phenols is 1. The van der Waals surface area contributed by atoms with Gasteiger partial charge in [0.1, 0.15) is 0 Å². The molecule has 9 heteroatoms. The van der Waals surface area contributed by atoms with E-state index in [1.54, 1.807) is 42.5 Å². The summed E-state index contributed by atoms with van der Waals surface area (Å²) in [7, 11) is 2.85. The molecule has 0 atom stereocenters. The van der Waals surface area contributed by atoms with E-state index in [1.165, 1.54) is 31.3 Å². The zero-order valence-electron chi connectivity index (χ0n) is 18.3. The van der Waals surface area contributed by atoms with Crippen LogP contribution in [0.1, 0.15) is 15.9 Å². The second-order valence-electron chi connectivity index (χ2n) is 7.11. The van der Waals surface area contributed by atoms with E-state index in [-0.39, 0.29) is 28.7 Å². The number of hydrogen-bond donors (Lipinski definition) is 2. The van der Waals surface area contributed by atoms with Crippen molar-refractivity contribution in [2.75, 3.05) is 19.1 Å².